The molecule has 22 nitrogen and oxygen atoms in total. The third-order valence-electron chi connectivity index (χ3n) is 11.5. The van der Waals surface area contributed by atoms with Gasteiger partial charge in [0.15, 0.2) is 0 Å². The molecule has 74 heavy (non-hydrogen) atoms. The van der Waals surface area contributed by atoms with Crippen molar-refractivity contribution in [1.29, 1.82) is 0 Å². The number of carboxylic acid groups (broad SMARTS) is 3. The number of rotatable bonds is 33. The van der Waals surface area contributed by atoms with Gasteiger partial charge >= 0.3 is 17.9 Å². The molecule has 0 aliphatic carbocycles. The number of hydrogen-bond acceptors (Lipinski definition) is 12. The van der Waals surface area contributed by atoms with E-state index in [-0.39, 0.29) is 38.2 Å². The molecule has 400 valence electrons. The minimum absolute atomic E-state index is 0.0473. The molecule has 0 saturated heterocycles. The average molecular weight is 1030 g/mol. The van der Waals surface area contributed by atoms with Crippen LogP contribution in [-0.4, -0.2) is 117 Å². The summed E-state index contributed by atoms with van der Waals surface area (Å²) in [6.45, 7) is 7.41. The molecule has 22 heteroatoms. The lowest BCUT2D eigenvalue weighted by atomic mass is 9.98. The van der Waals surface area contributed by atoms with E-state index >= 15 is 0 Å². The fourth-order valence-electron chi connectivity index (χ4n) is 7.50. The maximum atomic E-state index is 14.7. The van der Waals surface area contributed by atoms with Gasteiger partial charge in [0.1, 0.15) is 42.6 Å². The van der Waals surface area contributed by atoms with Crippen LogP contribution in [0.15, 0.2) is 78.9 Å². The van der Waals surface area contributed by atoms with Crippen molar-refractivity contribution in [2.24, 2.45) is 11.7 Å². The summed E-state index contributed by atoms with van der Waals surface area (Å²) in [6, 6.07) is 13.6. The van der Waals surface area contributed by atoms with Crippen LogP contribution in [0, 0.1) is 12.8 Å². The fourth-order valence-corrected chi connectivity index (χ4v) is 7.50. The quantitative estimate of drug-likeness (QED) is 0.0389. The van der Waals surface area contributed by atoms with E-state index in [1.165, 1.54) is 0 Å². The predicted octanol–water partition coefficient (Wildman–Crippen LogP) is 1.76. The van der Waals surface area contributed by atoms with Crippen molar-refractivity contribution in [1.82, 2.24) is 31.9 Å². The largest absolute Gasteiger partial charge is 0.489 e. The Balaban J connectivity index is 2.05. The van der Waals surface area contributed by atoms with Gasteiger partial charge in [-0.05, 0) is 66.5 Å². The molecule has 0 aliphatic heterocycles. The molecule has 11 N–H and O–H groups in total. The number of ether oxygens (including phenoxy) is 1. The highest BCUT2D eigenvalue weighted by Gasteiger charge is 2.35. The highest BCUT2D eigenvalue weighted by atomic mass is 16.5. The number of hydrogen-bond donors (Lipinski definition) is 10. The molecule has 0 aliphatic rings. The summed E-state index contributed by atoms with van der Waals surface area (Å²) in [4.78, 5) is 143. The highest BCUT2D eigenvalue weighted by Crippen LogP contribution is 2.18. The maximum absolute atomic E-state index is 14.7. The summed E-state index contributed by atoms with van der Waals surface area (Å²) in [5, 5.41) is 43.0. The third kappa shape index (κ3) is 21.7. The Kier molecular flexibility index (Phi) is 24.9. The molecule has 0 fully saturated rings. The van der Waals surface area contributed by atoms with E-state index in [1.54, 1.807) is 69.3 Å². The summed E-state index contributed by atoms with van der Waals surface area (Å²) in [5.41, 5.74) is 7.95. The number of carboxylic acids is 3. The highest BCUT2D eigenvalue weighted by molar-refractivity contribution is 6.37. The number of ketones is 1. The number of amides is 7. The van der Waals surface area contributed by atoms with Crippen molar-refractivity contribution in [2.45, 2.75) is 141 Å². The van der Waals surface area contributed by atoms with Crippen LogP contribution in [0.2, 0.25) is 0 Å². The monoisotopic (exact) mass is 1030 g/mol. The van der Waals surface area contributed by atoms with Crippen LogP contribution in [0.4, 0.5) is 0 Å². The molecule has 1 unspecified atom stereocenters. The number of primary amides is 1. The minimum atomic E-state index is -1.84. The zero-order chi connectivity index (χ0) is 54.9. The lowest BCUT2D eigenvalue weighted by molar-refractivity contribution is -0.142. The third-order valence-corrected chi connectivity index (χ3v) is 11.5. The summed E-state index contributed by atoms with van der Waals surface area (Å²) < 4.78 is 5.93. The number of nitrogens with two attached hydrogens (primary N) is 1. The Hall–Kier alpha value is -8.17. The number of Topliss-reactive ketones (excluding diaryl/α,β-unsaturated/α-hetero) is 1. The minimum Gasteiger partial charge on any atom is -0.489 e. The standard InChI is InChI=1S/C52H67N7O15/c1-5-6-16-36(46(67)47(53)68)55-49(70)38(25-30(2)3)57-50(71)39(26-32-17-19-35(20-18-32)74-29-33-13-8-7-9-14-33)58-51(72)40(27-34-15-11-10-12-31(34)4)59-48(69)37(21-23-43(61)62)56-52(73)41(28-45(65)66)54-42(60)22-24-44(63)64/h7-15,17-20,30,36-41H,5-6,16,21-29H2,1-4H3,(H2,53,68)(H,54,60)(H,55,70)(H,56,73)(H,57,71)(H,58,72)(H,59,69)(H,61,62)(H,63,64)(H,65,66)/t36?,37-,38-,39-,40-,41-/m0/s1. The topological polar surface area (TPSA) is 356 Å². The van der Waals surface area contributed by atoms with Gasteiger partial charge in [-0.3, -0.25) is 52.7 Å². The van der Waals surface area contributed by atoms with E-state index in [0.717, 1.165) is 5.56 Å². The number of carbonyl (C=O) groups is 11. The molecule has 0 heterocycles. The van der Waals surface area contributed by atoms with E-state index in [2.05, 4.69) is 31.9 Å². The Bertz CT molecular complexity index is 2450. The first-order valence-electron chi connectivity index (χ1n) is 24.2. The van der Waals surface area contributed by atoms with E-state index < -0.39 is 133 Å². The fraction of sp³-hybridized carbons (Fsp3) is 0.442. The SMILES string of the molecule is CCCCC(NC(=O)[C@H](CC(C)C)NC(=O)[C@H](Cc1ccc(OCc2ccccc2)cc1)NC(=O)[C@H](Cc1ccccc1C)NC(=O)[C@H](CCC(=O)O)NC(=O)[C@H](CC(=O)O)NC(=O)CCC(=O)O)C(=O)C(N)=O. The number of unbranched alkanes of at least 4 members (excludes halogenated alkanes) is 1. The second kappa shape index (κ2) is 30.7. The normalized spacial score (nSPS) is 13.3. The van der Waals surface area contributed by atoms with Gasteiger partial charge in [-0.15, -0.1) is 0 Å². The first kappa shape index (κ1) is 60.1. The number of aliphatic carboxylic acids is 3. The van der Waals surface area contributed by atoms with Crippen LogP contribution in [0.5, 0.6) is 5.75 Å². The van der Waals surface area contributed by atoms with Crippen LogP contribution in [0.25, 0.3) is 0 Å². The Morgan fingerprint density at radius 1 is 0.541 bits per heavy atom. The molecule has 0 spiro atoms. The van der Waals surface area contributed by atoms with Crippen LogP contribution in [-0.2, 0) is 72.2 Å². The Morgan fingerprint density at radius 2 is 1.07 bits per heavy atom. The van der Waals surface area contributed by atoms with Gasteiger partial charge in [0.2, 0.25) is 41.2 Å². The molecule has 7 amide bonds. The number of benzene rings is 3. The van der Waals surface area contributed by atoms with Crippen LogP contribution >= 0.6 is 0 Å². The Labute approximate surface area is 428 Å². The number of nitrogens with one attached hydrogen (secondary N) is 6. The molecule has 0 bridgehead atoms. The van der Waals surface area contributed by atoms with Gasteiger partial charge < -0.3 is 57.7 Å². The zero-order valence-corrected chi connectivity index (χ0v) is 41.9. The van der Waals surface area contributed by atoms with E-state index in [0.29, 0.717) is 35.3 Å². The van der Waals surface area contributed by atoms with Crippen LogP contribution in [0.1, 0.15) is 101 Å². The molecule has 0 aromatic heterocycles. The van der Waals surface area contributed by atoms with Crippen molar-refractivity contribution in [2.75, 3.05) is 0 Å². The zero-order valence-electron chi connectivity index (χ0n) is 41.9. The van der Waals surface area contributed by atoms with Crippen molar-refractivity contribution in [3.8, 4) is 5.75 Å². The first-order valence-corrected chi connectivity index (χ1v) is 24.2. The predicted molar refractivity (Wildman–Crippen MR) is 267 cm³/mol. The summed E-state index contributed by atoms with van der Waals surface area (Å²) in [5.74, 6) is -12.2. The Morgan fingerprint density at radius 3 is 1.64 bits per heavy atom. The van der Waals surface area contributed by atoms with Gasteiger partial charge in [0.05, 0.1) is 18.9 Å². The summed E-state index contributed by atoms with van der Waals surface area (Å²) >= 11 is 0. The summed E-state index contributed by atoms with van der Waals surface area (Å²) in [7, 11) is 0. The molecule has 3 aromatic carbocycles. The first-order chi connectivity index (χ1) is 35.1. The van der Waals surface area contributed by atoms with E-state index in [1.807, 2.05) is 37.3 Å². The lowest BCUT2D eigenvalue weighted by Gasteiger charge is -2.28. The van der Waals surface area contributed by atoms with Gasteiger partial charge in [-0.1, -0.05) is 100 Å². The lowest BCUT2D eigenvalue weighted by Crippen LogP contribution is -2.60. The van der Waals surface area contributed by atoms with Gasteiger partial charge in [0.25, 0.3) is 5.91 Å². The van der Waals surface area contributed by atoms with Gasteiger partial charge in [-0.25, -0.2) is 0 Å². The maximum Gasteiger partial charge on any atom is 0.305 e. The molecule has 0 radical (unpaired) electrons. The van der Waals surface area contributed by atoms with Crippen molar-refractivity contribution >= 4 is 65.0 Å². The molecule has 0 saturated carbocycles. The van der Waals surface area contributed by atoms with Crippen LogP contribution in [0.3, 0.4) is 0 Å². The number of carbonyl (C=O) groups excluding carboxylic acids is 8. The summed E-state index contributed by atoms with van der Waals surface area (Å²) in [6.07, 6.45) is -2.75. The van der Waals surface area contributed by atoms with Gasteiger partial charge in [0, 0.05) is 25.7 Å². The van der Waals surface area contributed by atoms with E-state index in [9.17, 15) is 63.0 Å². The average Bonchev–Trinajstić information content (AvgIpc) is 3.34. The molecular weight excluding hydrogens is 963 g/mol. The molecular formula is C52H67N7O15. The van der Waals surface area contributed by atoms with E-state index in [4.69, 9.17) is 15.6 Å². The molecule has 3 aromatic rings. The molecule has 6 atom stereocenters. The van der Waals surface area contributed by atoms with Crippen LogP contribution < -0.4 is 42.4 Å². The number of aryl methyl sites for hydroxylation is 1. The van der Waals surface area contributed by atoms with Crippen molar-refractivity contribution < 1.29 is 72.8 Å². The molecule has 3 rings (SSSR count). The second-order valence-electron chi connectivity index (χ2n) is 18.1. The van der Waals surface area contributed by atoms with Crippen molar-refractivity contribution in [3.05, 3.63) is 101 Å². The van der Waals surface area contributed by atoms with Crippen molar-refractivity contribution in [3.63, 3.8) is 0 Å². The smallest absolute Gasteiger partial charge is 0.305 e. The second-order valence-corrected chi connectivity index (χ2v) is 18.1. The van der Waals surface area contributed by atoms with Gasteiger partial charge in [-0.2, -0.15) is 0 Å².